The highest BCUT2D eigenvalue weighted by Gasteiger charge is 2.26. The molecular formula is C13H17NO5. The lowest BCUT2D eigenvalue weighted by Crippen LogP contribution is -2.28. The monoisotopic (exact) mass is 267 g/mol. The molecule has 1 aromatic carbocycles. The van der Waals surface area contributed by atoms with Gasteiger partial charge in [-0.1, -0.05) is 26.0 Å². The van der Waals surface area contributed by atoms with Gasteiger partial charge >= 0.3 is 11.7 Å². The molecule has 1 atom stereocenters. The summed E-state index contributed by atoms with van der Waals surface area (Å²) in [6.45, 7) is 5.32. The first-order chi connectivity index (χ1) is 8.82. The Labute approximate surface area is 111 Å². The molecule has 0 radical (unpaired) electrons. The van der Waals surface area contributed by atoms with Crippen molar-refractivity contribution in [3.63, 3.8) is 0 Å². The van der Waals surface area contributed by atoms with Crippen LogP contribution in [0.4, 0.5) is 5.69 Å². The Balaban J connectivity index is 3.06. The maximum Gasteiger partial charge on any atom is 0.344 e. The number of hydrogen-bond acceptors (Lipinski definition) is 4. The van der Waals surface area contributed by atoms with E-state index in [0.29, 0.717) is 12.0 Å². The molecule has 0 saturated carbocycles. The Morgan fingerprint density at radius 2 is 2.11 bits per heavy atom. The molecule has 1 rings (SSSR count). The third kappa shape index (κ3) is 3.94. The minimum atomic E-state index is -1.12. The number of hydrogen-bond donors (Lipinski definition) is 1. The molecule has 0 spiro atoms. The Kier molecular flexibility index (Phi) is 4.86. The van der Waals surface area contributed by atoms with Crippen LogP contribution in [0.2, 0.25) is 0 Å². The van der Waals surface area contributed by atoms with E-state index in [4.69, 9.17) is 9.84 Å². The maximum atomic E-state index is 11.1. The normalized spacial score (nSPS) is 12.2. The Hall–Kier alpha value is -2.11. The number of benzene rings is 1. The lowest BCUT2D eigenvalue weighted by atomic mass is 10.1. The lowest BCUT2D eigenvalue weighted by Gasteiger charge is -2.17. The van der Waals surface area contributed by atoms with Gasteiger partial charge in [0.05, 0.1) is 4.92 Å². The van der Waals surface area contributed by atoms with Gasteiger partial charge in [-0.3, -0.25) is 10.1 Å². The van der Waals surface area contributed by atoms with Crippen molar-refractivity contribution in [2.75, 3.05) is 0 Å². The van der Waals surface area contributed by atoms with Gasteiger partial charge in [-0.2, -0.15) is 0 Å². The number of carboxylic acid groups (broad SMARTS) is 1. The van der Waals surface area contributed by atoms with E-state index in [9.17, 15) is 14.9 Å². The molecule has 0 heterocycles. The number of aryl methyl sites for hydroxylation is 1. The predicted octanol–water partition coefficient (Wildman–Crippen LogP) is 2.78. The summed E-state index contributed by atoms with van der Waals surface area (Å²) < 4.78 is 5.32. The molecule has 0 amide bonds. The van der Waals surface area contributed by atoms with E-state index in [2.05, 4.69) is 0 Å². The summed E-state index contributed by atoms with van der Waals surface area (Å²) in [6, 6.07) is 4.61. The van der Waals surface area contributed by atoms with Gasteiger partial charge in [0.2, 0.25) is 0 Å². The molecule has 1 N–H and O–H groups in total. The fraction of sp³-hybridized carbons (Fsp3) is 0.462. The van der Waals surface area contributed by atoms with Crippen LogP contribution < -0.4 is 4.74 Å². The third-order valence-corrected chi connectivity index (χ3v) is 2.61. The van der Waals surface area contributed by atoms with Gasteiger partial charge in [0, 0.05) is 5.56 Å². The summed E-state index contributed by atoms with van der Waals surface area (Å²) in [4.78, 5) is 21.5. The lowest BCUT2D eigenvalue weighted by molar-refractivity contribution is -0.386. The highest BCUT2D eigenvalue weighted by molar-refractivity contribution is 5.73. The van der Waals surface area contributed by atoms with Crippen molar-refractivity contribution in [1.29, 1.82) is 0 Å². The van der Waals surface area contributed by atoms with Crippen LogP contribution >= 0.6 is 0 Å². The highest BCUT2D eigenvalue weighted by Crippen LogP contribution is 2.31. The number of nitrogens with zero attached hydrogens (tertiary/aromatic N) is 1. The quantitative estimate of drug-likeness (QED) is 0.632. The number of carbonyl (C=O) groups is 1. The molecule has 104 valence electrons. The first-order valence-corrected chi connectivity index (χ1v) is 5.96. The van der Waals surface area contributed by atoms with Crippen molar-refractivity contribution >= 4 is 11.7 Å². The van der Waals surface area contributed by atoms with Crippen LogP contribution in [0.25, 0.3) is 0 Å². The molecule has 1 unspecified atom stereocenters. The molecule has 0 aliphatic carbocycles. The minimum Gasteiger partial charge on any atom is -0.479 e. The van der Waals surface area contributed by atoms with E-state index >= 15 is 0 Å². The summed E-state index contributed by atoms with van der Waals surface area (Å²) in [6.07, 6.45) is -0.791. The van der Waals surface area contributed by atoms with Crippen molar-refractivity contribution < 1.29 is 19.6 Å². The summed E-state index contributed by atoms with van der Waals surface area (Å²) in [5.41, 5.74) is 0.258. The Bertz CT molecular complexity index is 484. The number of para-hydroxylation sites is 1. The zero-order valence-electron chi connectivity index (χ0n) is 11.1. The fourth-order valence-corrected chi connectivity index (χ4v) is 1.74. The Morgan fingerprint density at radius 1 is 1.47 bits per heavy atom. The van der Waals surface area contributed by atoms with Crippen molar-refractivity contribution in [3.8, 4) is 5.75 Å². The van der Waals surface area contributed by atoms with Crippen molar-refractivity contribution in [1.82, 2.24) is 0 Å². The maximum absolute atomic E-state index is 11.1. The number of aliphatic carboxylic acids is 1. The number of carboxylic acids is 1. The van der Waals surface area contributed by atoms with Crippen LogP contribution in [0.5, 0.6) is 5.75 Å². The van der Waals surface area contributed by atoms with Crippen LogP contribution in [0.3, 0.4) is 0 Å². The molecule has 1 aromatic rings. The van der Waals surface area contributed by atoms with E-state index in [1.165, 1.54) is 6.07 Å². The summed E-state index contributed by atoms with van der Waals surface area (Å²) in [7, 11) is 0. The first-order valence-electron chi connectivity index (χ1n) is 5.96. The molecule has 0 bridgehead atoms. The first kappa shape index (κ1) is 14.9. The number of ether oxygens (including phenoxy) is 1. The number of nitro groups is 1. The van der Waals surface area contributed by atoms with Gasteiger partial charge < -0.3 is 9.84 Å². The van der Waals surface area contributed by atoms with E-state index in [-0.39, 0.29) is 17.4 Å². The molecule has 6 nitrogen and oxygen atoms in total. The average molecular weight is 267 g/mol. The molecule has 0 aromatic heterocycles. The van der Waals surface area contributed by atoms with Gasteiger partial charge in [-0.25, -0.2) is 4.79 Å². The predicted molar refractivity (Wildman–Crippen MR) is 69.3 cm³/mol. The van der Waals surface area contributed by atoms with Crippen molar-refractivity contribution in [3.05, 3.63) is 33.9 Å². The van der Waals surface area contributed by atoms with Crippen LogP contribution in [-0.2, 0) is 4.79 Å². The summed E-state index contributed by atoms with van der Waals surface area (Å²) in [5, 5.41) is 20.1. The number of rotatable bonds is 6. The SMILES string of the molecule is Cc1cccc(OC(CC(C)C)C(=O)O)c1[N+](=O)[O-]. The highest BCUT2D eigenvalue weighted by atomic mass is 16.6. The molecule has 0 saturated heterocycles. The largest absolute Gasteiger partial charge is 0.479 e. The van der Waals surface area contributed by atoms with E-state index in [0.717, 1.165) is 0 Å². The zero-order valence-corrected chi connectivity index (χ0v) is 11.1. The summed E-state index contributed by atoms with van der Waals surface area (Å²) in [5.74, 6) is -1.01. The van der Waals surface area contributed by atoms with Crippen LogP contribution in [0, 0.1) is 23.0 Å². The molecule has 0 fully saturated rings. The van der Waals surface area contributed by atoms with E-state index < -0.39 is 17.0 Å². The second kappa shape index (κ2) is 6.17. The van der Waals surface area contributed by atoms with E-state index in [1.807, 2.05) is 13.8 Å². The van der Waals surface area contributed by atoms with Gasteiger partial charge in [0.1, 0.15) is 0 Å². The van der Waals surface area contributed by atoms with Crippen LogP contribution in [0.15, 0.2) is 18.2 Å². The average Bonchev–Trinajstić information content (AvgIpc) is 2.26. The molecule has 6 heteroatoms. The zero-order chi connectivity index (χ0) is 14.6. The van der Waals surface area contributed by atoms with Crippen LogP contribution in [0.1, 0.15) is 25.8 Å². The second-order valence-electron chi connectivity index (χ2n) is 4.75. The third-order valence-electron chi connectivity index (χ3n) is 2.61. The minimum absolute atomic E-state index is 0.00181. The molecule has 19 heavy (non-hydrogen) atoms. The van der Waals surface area contributed by atoms with Gasteiger partial charge in [0.25, 0.3) is 0 Å². The second-order valence-corrected chi connectivity index (χ2v) is 4.75. The topological polar surface area (TPSA) is 89.7 Å². The van der Waals surface area contributed by atoms with Crippen LogP contribution in [-0.4, -0.2) is 22.1 Å². The Morgan fingerprint density at radius 3 is 2.58 bits per heavy atom. The van der Waals surface area contributed by atoms with E-state index in [1.54, 1.807) is 19.1 Å². The molecular weight excluding hydrogens is 250 g/mol. The van der Waals surface area contributed by atoms with Crippen molar-refractivity contribution in [2.45, 2.75) is 33.3 Å². The summed E-state index contributed by atoms with van der Waals surface area (Å²) >= 11 is 0. The van der Waals surface area contributed by atoms with Gasteiger partial charge in [0.15, 0.2) is 11.9 Å². The molecule has 0 aliphatic heterocycles. The van der Waals surface area contributed by atoms with Gasteiger partial charge in [-0.05, 0) is 25.3 Å². The number of nitro benzene ring substituents is 1. The van der Waals surface area contributed by atoms with Gasteiger partial charge in [-0.15, -0.1) is 0 Å². The van der Waals surface area contributed by atoms with Crippen molar-refractivity contribution in [2.24, 2.45) is 5.92 Å². The smallest absolute Gasteiger partial charge is 0.344 e. The molecule has 0 aliphatic rings. The standard InChI is InChI=1S/C13H17NO5/c1-8(2)7-11(13(15)16)19-10-6-4-5-9(3)12(10)14(17)18/h4-6,8,11H,7H2,1-3H3,(H,15,16). The fourth-order valence-electron chi connectivity index (χ4n) is 1.74.